The van der Waals surface area contributed by atoms with E-state index in [0.717, 1.165) is 12.1 Å². The van der Waals surface area contributed by atoms with Crippen LogP contribution in [0.5, 0.6) is 0 Å². The van der Waals surface area contributed by atoms with Crippen LogP contribution in [0.25, 0.3) is 0 Å². The molecule has 0 aromatic carbocycles. The molecule has 1 heterocycles. The highest BCUT2D eigenvalue weighted by Crippen LogP contribution is 2.22. The van der Waals surface area contributed by atoms with Gasteiger partial charge in [0.05, 0.1) is 11.4 Å². The summed E-state index contributed by atoms with van der Waals surface area (Å²) in [6, 6.07) is 0. The van der Waals surface area contributed by atoms with Crippen molar-refractivity contribution in [3.05, 3.63) is 11.4 Å². The zero-order chi connectivity index (χ0) is 13.9. The molecule has 4 N–H and O–H groups in total. The van der Waals surface area contributed by atoms with Crippen LogP contribution in [0.2, 0.25) is 0 Å². The van der Waals surface area contributed by atoms with Crippen molar-refractivity contribution >= 4 is 11.6 Å². The van der Waals surface area contributed by atoms with E-state index in [9.17, 15) is 4.79 Å². The number of hydrogen-bond donors (Lipinski definition) is 3. The van der Waals surface area contributed by atoms with Crippen molar-refractivity contribution < 1.29 is 4.79 Å². The van der Waals surface area contributed by atoms with Crippen molar-refractivity contribution in [1.82, 2.24) is 15.5 Å². The fourth-order valence-corrected chi connectivity index (χ4v) is 1.51. The molecule has 0 bridgehead atoms. The maximum absolute atomic E-state index is 12.0. The molecule has 1 amide bonds. The van der Waals surface area contributed by atoms with E-state index in [1.54, 1.807) is 0 Å². The number of H-pyrrole nitrogens is 1. The highest BCUT2D eigenvalue weighted by Gasteiger charge is 2.21. The summed E-state index contributed by atoms with van der Waals surface area (Å²) in [5.41, 5.74) is 7.57. The number of nitrogens with two attached hydrogens (primary N) is 1. The summed E-state index contributed by atoms with van der Waals surface area (Å²) in [5, 5.41) is 9.71. The average Bonchev–Trinajstić information content (AvgIpc) is 2.68. The molecule has 0 spiro atoms. The molecule has 0 aliphatic rings. The number of carbonyl (C=O) groups is 1. The molecule has 0 unspecified atom stereocenters. The molecule has 1 aromatic heterocycles. The van der Waals surface area contributed by atoms with Gasteiger partial charge in [0, 0.05) is 6.54 Å². The van der Waals surface area contributed by atoms with Crippen LogP contribution in [-0.4, -0.2) is 22.6 Å². The standard InChI is InChI=1S/C13H24N4O/c1-6-13(4,5)7-15-12(18)11-9(14)10(8(2)3)16-17-11/h8H,6-7,14H2,1-5H3,(H,15,18)(H,16,17). The molecule has 0 radical (unpaired) electrons. The molecule has 1 rings (SSSR count). The third-order valence-electron chi connectivity index (χ3n) is 3.31. The Kier molecular flexibility index (Phi) is 4.38. The van der Waals surface area contributed by atoms with Gasteiger partial charge in [0.25, 0.3) is 5.91 Å². The lowest BCUT2D eigenvalue weighted by molar-refractivity contribution is 0.0931. The van der Waals surface area contributed by atoms with Crippen molar-refractivity contribution in [1.29, 1.82) is 0 Å². The van der Waals surface area contributed by atoms with Crippen LogP contribution in [0.3, 0.4) is 0 Å². The molecule has 5 nitrogen and oxygen atoms in total. The Morgan fingerprint density at radius 2 is 2.11 bits per heavy atom. The van der Waals surface area contributed by atoms with Crippen LogP contribution >= 0.6 is 0 Å². The van der Waals surface area contributed by atoms with Crippen LogP contribution in [0.4, 0.5) is 5.69 Å². The van der Waals surface area contributed by atoms with E-state index < -0.39 is 0 Å². The number of anilines is 1. The van der Waals surface area contributed by atoms with E-state index in [0.29, 0.717) is 17.9 Å². The van der Waals surface area contributed by atoms with Crippen LogP contribution in [-0.2, 0) is 0 Å². The minimum Gasteiger partial charge on any atom is -0.395 e. The molecule has 5 heteroatoms. The smallest absolute Gasteiger partial charge is 0.273 e. The monoisotopic (exact) mass is 252 g/mol. The first-order chi connectivity index (χ1) is 8.28. The van der Waals surface area contributed by atoms with E-state index in [4.69, 9.17) is 5.73 Å². The minimum atomic E-state index is -0.211. The minimum absolute atomic E-state index is 0.0849. The maximum Gasteiger partial charge on any atom is 0.273 e. The highest BCUT2D eigenvalue weighted by molar-refractivity contribution is 5.97. The molecule has 0 aliphatic heterocycles. The second-order valence-electron chi connectivity index (χ2n) is 5.75. The summed E-state index contributed by atoms with van der Waals surface area (Å²) in [7, 11) is 0. The highest BCUT2D eigenvalue weighted by atomic mass is 16.1. The predicted octanol–water partition coefficient (Wildman–Crippen LogP) is 2.28. The third-order valence-corrected chi connectivity index (χ3v) is 3.31. The second kappa shape index (κ2) is 5.42. The zero-order valence-electron chi connectivity index (χ0n) is 11.9. The third kappa shape index (κ3) is 3.24. The van der Waals surface area contributed by atoms with Gasteiger partial charge in [-0.2, -0.15) is 5.10 Å². The van der Waals surface area contributed by atoms with E-state index in [1.807, 2.05) is 13.8 Å². The summed E-state index contributed by atoms with van der Waals surface area (Å²) in [4.78, 5) is 12.0. The van der Waals surface area contributed by atoms with Crippen molar-refractivity contribution in [2.75, 3.05) is 12.3 Å². The van der Waals surface area contributed by atoms with E-state index >= 15 is 0 Å². The molecular weight excluding hydrogens is 228 g/mol. The van der Waals surface area contributed by atoms with Gasteiger partial charge >= 0.3 is 0 Å². The normalized spacial score (nSPS) is 11.9. The Hall–Kier alpha value is -1.52. The van der Waals surface area contributed by atoms with Gasteiger partial charge in [-0.05, 0) is 17.8 Å². The molecule has 1 aromatic rings. The lowest BCUT2D eigenvalue weighted by Crippen LogP contribution is -2.34. The van der Waals surface area contributed by atoms with Gasteiger partial charge in [0.1, 0.15) is 0 Å². The number of aromatic amines is 1. The number of hydrogen-bond acceptors (Lipinski definition) is 3. The summed E-state index contributed by atoms with van der Waals surface area (Å²) < 4.78 is 0. The van der Waals surface area contributed by atoms with Crippen LogP contribution in [0.1, 0.15) is 63.1 Å². The Labute approximate surface area is 109 Å². The first-order valence-corrected chi connectivity index (χ1v) is 6.40. The van der Waals surface area contributed by atoms with E-state index in [-0.39, 0.29) is 17.2 Å². The molecule has 0 aliphatic carbocycles. The molecule has 102 valence electrons. The van der Waals surface area contributed by atoms with Crippen molar-refractivity contribution in [3.8, 4) is 0 Å². The molecule has 0 fully saturated rings. The van der Waals surface area contributed by atoms with Gasteiger partial charge in [-0.25, -0.2) is 0 Å². The predicted molar refractivity (Wildman–Crippen MR) is 73.5 cm³/mol. The van der Waals surface area contributed by atoms with Gasteiger partial charge in [-0.3, -0.25) is 9.89 Å². The van der Waals surface area contributed by atoms with Gasteiger partial charge in [-0.1, -0.05) is 34.6 Å². The Bertz CT molecular complexity index is 421. The van der Waals surface area contributed by atoms with Crippen molar-refractivity contribution in [2.45, 2.75) is 47.0 Å². The molecular formula is C13H24N4O. The molecule has 18 heavy (non-hydrogen) atoms. The number of nitrogens with zero attached hydrogens (tertiary/aromatic N) is 1. The van der Waals surface area contributed by atoms with Gasteiger partial charge < -0.3 is 11.1 Å². The Morgan fingerprint density at radius 1 is 1.50 bits per heavy atom. The summed E-state index contributed by atoms with van der Waals surface area (Å²) in [6.45, 7) is 11.0. The summed E-state index contributed by atoms with van der Waals surface area (Å²) in [6.07, 6.45) is 1.00. The largest absolute Gasteiger partial charge is 0.395 e. The quantitative estimate of drug-likeness (QED) is 0.751. The van der Waals surface area contributed by atoms with E-state index in [2.05, 4.69) is 36.3 Å². The first kappa shape index (κ1) is 14.5. The number of amides is 1. The van der Waals surface area contributed by atoms with Gasteiger partial charge in [0.15, 0.2) is 5.69 Å². The SMILES string of the molecule is CCC(C)(C)CNC(=O)c1n[nH]c(C(C)C)c1N. The fourth-order valence-electron chi connectivity index (χ4n) is 1.51. The van der Waals surface area contributed by atoms with Gasteiger partial charge in [0.2, 0.25) is 0 Å². The number of nitrogen functional groups attached to an aromatic ring is 1. The lowest BCUT2D eigenvalue weighted by atomic mass is 9.90. The van der Waals surface area contributed by atoms with Crippen LogP contribution < -0.4 is 11.1 Å². The molecule has 0 saturated heterocycles. The maximum atomic E-state index is 12.0. The Balaban J connectivity index is 2.74. The number of carbonyl (C=O) groups excluding carboxylic acids is 1. The van der Waals surface area contributed by atoms with Crippen LogP contribution in [0, 0.1) is 5.41 Å². The number of nitrogens with one attached hydrogen (secondary N) is 2. The fraction of sp³-hybridized carbons (Fsp3) is 0.692. The number of aromatic nitrogens is 2. The van der Waals surface area contributed by atoms with Gasteiger partial charge in [-0.15, -0.1) is 0 Å². The zero-order valence-corrected chi connectivity index (χ0v) is 11.9. The first-order valence-electron chi connectivity index (χ1n) is 6.40. The van der Waals surface area contributed by atoms with Crippen molar-refractivity contribution in [2.24, 2.45) is 5.41 Å². The van der Waals surface area contributed by atoms with Crippen LogP contribution in [0.15, 0.2) is 0 Å². The van der Waals surface area contributed by atoms with E-state index in [1.165, 1.54) is 0 Å². The second-order valence-corrected chi connectivity index (χ2v) is 5.75. The lowest BCUT2D eigenvalue weighted by Gasteiger charge is -2.22. The molecule has 0 atom stereocenters. The summed E-state index contributed by atoms with van der Waals surface area (Å²) >= 11 is 0. The average molecular weight is 252 g/mol. The molecule has 0 saturated carbocycles. The number of rotatable bonds is 5. The Morgan fingerprint density at radius 3 is 2.56 bits per heavy atom. The topological polar surface area (TPSA) is 83.8 Å². The summed E-state index contributed by atoms with van der Waals surface area (Å²) in [5.74, 6) is 0.0170. The van der Waals surface area contributed by atoms with Crippen molar-refractivity contribution in [3.63, 3.8) is 0 Å².